The minimum atomic E-state index is -3.79. The lowest BCUT2D eigenvalue weighted by molar-refractivity contribution is -0.119. The molecular formula is C26H27N3O5S. The van der Waals surface area contributed by atoms with Gasteiger partial charge in [-0.05, 0) is 68.3 Å². The highest BCUT2D eigenvalue weighted by atomic mass is 32.2. The molecule has 0 radical (unpaired) electrons. The second-order valence-electron chi connectivity index (χ2n) is 8.31. The Balaban J connectivity index is 1.43. The Hall–Kier alpha value is -3.69. The van der Waals surface area contributed by atoms with Crippen LogP contribution in [0.3, 0.4) is 0 Å². The third kappa shape index (κ3) is 5.36. The van der Waals surface area contributed by atoms with E-state index in [1.807, 2.05) is 13.0 Å². The summed E-state index contributed by atoms with van der Waals surface area (Å²) in [4.78, 5) is 25.8. The number of hydrogen-bond donors (Lipinski definition) is 2. The third-order valence-corrected chi connectivity index (χ3v) is 7.83. The number of aryl methyl sites for hydroxylation is 1. The van der Waals surface area contributed by atoms with Gasteiger partial charge in [0.1, 0.15) is 11.8 Å². The molecule has 3 aromatic carbocycles. The van der Waals surface area contributed by atoms with E-state index in [2.05, 4.69) is 10.6 Å². The standard InChI is InChI=1S/C26H27N3O5S/c1-18-9-15-21(16-10-18)35(32,33)29-17-5-7-23(29)26(31)27-20-13-11-19(12-14-20)25(30)28-22-6-3-4-8-24(22)34-2/h3-4,6,8-16,23H,5,7,17H2,1-2H3,(H,27,31)(H,28,30)/t23-/m0/s1. The van der Waals surface area contributed by atoms with E-state index < -0.39 is 22.0 Å². The van der Waals surface area contributed by atoms with Gasteiger partial charge < -0.3 is 15.4 Å². The number of rotatable bonds is 7. The zero-order valence-corrected chi connectivity index (χ0v) is 20.3. The van der Waals surface area contributed by atoms with Crippen LogP contribution in [-0.4, -0.2) is 44.2 Å². The first kappa shape index (κ1) is 24.4. The maximum atomic E-state index is 13.1. The highest BCUT2D eigenvalue weighted by Crippen LogP contribution is 2.28. The van der Waals surface area contributed by atoms with E-state index in [4.69, 9.17) is 4.74 Å². The molecule has 35 heavy (non-hydrogen) atoms. The van der Waals surface area contributed by atoms with E-state index in [9.17, 15) is 18.0 Å². The van der Waals surface area contributed by atoms with Crippen molar-refractivity contribution in [3.8, 4) is 5.75 Å². The van der Waals surface area contributed by atoms with Crippen LogP contribution in [0.4, 0.5) is 11.4 Å². The zero-order chi connectivity index (χ0) is 25.0. The molecule has 1 saturated heterocycles. The molecular weight excluding hydrogens is 466 g/mol. The zero-order valence-electron chi connectivity index (χ0n) is 19.5. The van der Waals surface area contributed by atoms with Crippen molar-refractivity contribution in [1.29, 1.82) is 0 Å². The fraction of sp³-hybridized carbons (Fsp3) is 0.231. The number of carbonyl (C=O) groups excluding carboxylic acids is 2. The Bertz CT molecular complexity index is 1320. The summed E-state index contributed by atoms with van der Waals surface area (Å²) < 4.78 is 32.8. The van der Waals surface area contributed by atoms with Crippen molar-refractivity contribution in [3.63, 3.8) is 0 Å². The van der Waals surface area contributed by atoms with Gasteiger partial charge in [-0.3, -0.25) is 9.59 Å². The quantitative estimate of drug-likeness (QED) is 0.517. The van der Waals surface area contributed by atoms with Gasteiger partial charge in [0.15, 0.2) is 0 Å². The summed E-state index contributed by atoms with van der Waals surface area (Å²) in [6, 6.07) is 19.3. The molecule has 8 nitrogen and oxygen atoms in total. The molecule has 1 heterocycles. The Morgan fingerprint density at radius 3 is 2.31 bits per heavy atom. The molecule has 0 aliphatic carbocycles. The SMILES string of the molecule is COc1ccccc1NC(=O)c1ccc(NC(=O)[C@@H]2CCCN2S(=O)(=O)c2ccc(C)cc2)cc1. The monoisotopic (exact) mass is 493 g/mol. The van der Waals surface area contributed by atoms with Gasteiger partial charge in [0.25, 0.3) is 5.91 Å². The van der Waals surface area contributed by atoms with E-state index in [1.165, 1.54) is 11.4 Å². The van der Waals surface area contributed by atoms with E-state index in [0.29, 0.717) is 35.5 Å². The molecule has 4 rings (SSSR count). The lowest BCUT2D eigenvalue weighted by atomic mass is 10.1. The minimum absolute atomic E-state index is 0.174. The van der Waals surface area contributed by atoms with Gasteiger partial charge in [-0.1, -0.05) is 29.8 Å². The summed E-state index contributed by atoms with van der Waals surface area (Å²) in [7, 11) is -2.26. The molecule has 1 fully saturated rings. The van der Waals surface area contributed by atoms with E-state index in [1.54, 1.807) is 66.7 Å². The average molecular weight is 494 g/mol. The summed E-state index contributed by atoms with van der Waals surface area (Å²) in [5, 5.41) is 5.58. The predicted molar refractivity (Wildman–Crippen MR) is 134 cm³/mol. The van der Waals surface area contributed by atoms with Gasteiger partial charge in [0.2, 0.25) is 15.9 Å². The van der Waals surface area contributed by atoms with Gasteiger partial charge in [0.05, 0.1) is 17.7 Å². The van der Waals surface area contributed by atoms with Crippen LogP contribution in [0.5, 0.6) is 5.75 Å². The number of carbonyl (C=O) groups is 2. The second-order valence-corrected chi connectivity index (χ2v) is 10.2. The van der Waals surface area contributed by atoms with Gasteiger partial charge in [0, 0.05) is 17.8 Å². The number of anilines is 2. The van der Waals surface area contributed by atoms with Crippen molar-refractivity contribution in [1.82, 2.24) is 4.31 Å². The van der Waals surface area contributed by atoms with Gasteiger partial charge >= 0.3 is 0 Å². The molecule has 0 saturated carbocycles. The van der Waals surface area contributed by atoms with Gasteiger partial charge in [-0.2, -0.15) is 4.31 Å². The lowest BCUT2D eigenvalue weighted by Crippen LogP contribution is -2.43. The third-order valence-electron chi connectivity index (χ3n) is 5.90. The van der Waals surface area contributed by atoms with Crippen molar-refractivity contribution >= 4 is 33.2 Å². The first-order valence-corrected chi connectivity index (χ1v) is 12.7. The largest absolute Gasteiger partial charge is 0.495 e. The van der Waals surface area contributed by atoms with Crippen LogP contribution >= 0.6 is 0 Å². The maximum Gasteiger partial charge on any atom is 0.255 e. The first-order valence-electron chi connectivity index (χ1n) is 11.2. The Morgan fingerprint density at radius 1 is 0.943 bits per heavy atom. The molecule has 0 bridgehead atoms. The molecule has 1 aliphatic heterocycles. The molecule has 0 aromatic heterocycles. The number of nitrogens with zero attached hydrogens (tertiary/aromatic N) is 1. The number of benzene rings is 3. The summed E-state index contributed by atoms with van der Waals surface area (Å²) in [6.07, 6.45) is 1.04. The molecule has 1 atom stereocenters. The van der Waals surface area contributed by atoms with Gasteiger partial charge in [-0.25, -0.2) is 8.42 Å². The van der Waals surface area contributed by atoms with E-state index in [-0.39, 0.29) is 17.3 Å². The second kappa shape index (κ2) is 10.3. The molecule has 9 heteroatoms. The fourth-order valence-electron chi connectivity index (χ4n) is 4.01. The minimum Gasteiger partial charge on any atom is -0.495 e. The number of para-hydroxylation sites is 2. The fourth-order valence-corrected chi connectivity index (χ4v) is 5.66. The number of hydrogen-bond acceptors (Lipinski definition) is 5. The predicted octanol–water partition coefficient (Wildman–Crippen LogP) is 4.05. The van der Waals surface area contributed by atoms with E-state index >= 15 is 0 Å². The van der Waals surface area contributed by atoms with Gasteiger partial charge in [-0.15, -0.1) is 0 Å². The number of sulfonamides is 1. The average Bonchev–Trinajstić information content (AvgIpc) is 3.36. The molecule has 2 N–H and O–H groups in total. The van der Waals surface area contributed by atoms with Crippen LogP contribution < -0.4 is 15.4 Å². The lowest BCUT2D eigenvalue weighted by Gasteiger charge is -2.23. The van der Waals surface area contributed by atoms with Crippen LogP contribution in [-0.2, 0) is 14.8 Å². The van der Waals surface area contributed by atoms with Crippen LogP contribution in [0.2, 0.25) is 0 Å². The van der Waals surface area contributed by atoms with Crippen LogP contribution in [0.1, 0.15) is 28.8 Å². The van der Waals surface area contributed by atoms with Crippen molar-refractivity contribution in [2.24, 2.45) is 0 Å². The van der Waals surface area contributed by atoms with Crippen LogP contribution in [0.15, 0.2) is 77.7 Å². The molecule has 3 aromatic rings. The van der Waals surface area contributed by atoms with Crippen molar-refractivity contribution in [2.45, 2.75) is 30.7 Å². The van der Waals surface area contributed by atoms with Crippen molar-refractivity contribution < 1.29 is 22.7 Å². The van der Waals surface area contributed by atoms with Crippen molar-refractivity contribution in [2.75, 3.05) is 24.3 Å². The molecule has 1 aliphatic rings. The smallest absolute Gasteiger partial charge is 0.255 e. The maximum absolute atomic E-state index is 13.1. The van der Waals surface area contributed by atoms with E-state index in [0.717, 1.165) is 5.56 Å². The van der Waals surface area contributed by atoms with Crippen LogP contribution in [0.25, 0.3) is 0 Å². The topological polar surface area (TPSA) is 105 Å². The molecule has 0 unspecified atom stereocenters. The summed E-state index contributed by atoms with van der Waals surface area (Å²) >= 11 is 0. The summed E-state index contributed by atoms with van der Waals surface area (Å²) in [5.74, 6) is -0.172. The Labute approximate surface area is 205 Å². The van der Waals surface area contributed by atoms with Crippen LogP contribution in [0, 0.1) is 6.92 Å². The highest BCUT2D eigenvalue weighted by molar-refractivity contribution is 7.89. The summed E-state index contributed by atoms with van der Waals surface area (Å²) in [5.41, 5.74) is 2.38. The Morgan fingerprint density at radius 2 is 1.63 bits per heavy atom. The highest BCUT2D eigenvalue weighted by Gasteiger charge is 2.39. The molecule has 0 spiro atoms. The van der Waals surface area contributed by atoms with Crippen molar-refractivity contribution in [3.05, 3.63) is 83.9 Å². The Kier molecular flexibility index (Phi) is 7.18. The number of ether oxygens (including phenoxy) is 1. The molecule has 182 valence electrons. The normalized spacial score (nSPS) is 16.0. The number of methoxy groups -OCH3 is 1. The number of amides is 2. The molecule has 2 amide bonds. The first-order chi connectivity index (χ1) is 16.8. The summed E-state index contributed by atoms with van der Waals surface area (Å²) in [6.45, 7) is 2.17. The number of nitrogens with one attached hydrogen (secondary N) is 2.